The third kappa shape index (κ3) is 11.6. The number of H-pyrrole nitrogens is 2. The van der Waals surface area contributed by atoms with E-state index in [0.29, 0.717) is 59.3 Å². The Balaban J connectivity index is 0.000000172. The molecule has 0 bridgehead atoms. The number of ether oxygens (including phenoxy) is 2. The number of nitrogens with one attached hydrogen (secondary N) is 2. The van der Waals surface area contributed by atoms with Crippen molar-refractivity contribution in [3.63, 3.8) is 0 Å². The van der Waals surface area contributed by atoms with Crippen LogP contribution < -0.4 is 11.5 Å². The molecule has 6 aromatic heterocycles. The molecule has 0 radical (unpaired) electrons. The van der Waals surface area contributed by atoms with Gasteiger partial charge in [0, 0.05) is 50.1 Å². The smallest absolute Gasteiger partial charge is 0.167 e. The van der Waals surface area contributed by atoms with Crippen LogP contribution in [0, 0.1) is 11.8 Å². The molecule has 0 amide bonds. The van der Waals surface area contributed by atoms with Crippen LogP contribution in [0.2, 0.25) is 0 Å². The molecule has 4 fully saturated rings. The number of imidazole rings is 4. The number of hydrogen-bond acceptors (Lipinski definition) is 18. The lowest BCUT2D eigenvalue weighted by atomic mass is 9.76. The zero-order chi connectivity index (χ0) is 58.1. The fourth-order valence-corrected chi connectivity index (χ4v) is 12.7. The lowest BCUT2D eigenvalue weighted by Gasteiger charge is -2.46. The highest BCUT2D eigenvalue weighted by atomic mass is 16.6. The summed E-state index contributed by atoms with van der Waals surface area (Å²) in [6.07, 6.45) is 7.26. The molecule has 2 aliphatic carbocycles. The van der Waals surface area contributed by atoms with Crippen LogP contribution >= 0.6 is 0 Å². The van der Waals surface area contributed by atoms with Crippen LogP contribution in [0.25, 0.3) is 44.4 Å². The van der Waals surface area contributed by atoms with Crippen LogP contribution in [-0.2, 0) is 33.1 Å². The highest BCUT2D eigenvalue weighted by Gasteiger charge is 2.48. The van der Waals surface area contributed by atoms with E-state index in [9.17, 15) is 20.4 Å². The number of anilines is 2. The molecule has 22 nitrogen and oxygen atoms in total. The molecule has 2 saturated carbocycles. The van der Waals surface area contributed by atoms with Crippen molar-refractivity contribution in [3.8, 4) is 0 Å². The standard InChI is InChI=1S/2C30H42N8O3/c2*1-16(2)37(13-22-25(39)26(40)29(41-22)38-15-34-24-27(31)32-14-33-28(24)38)19-10-17(11-19)6-9-23-35-20-8-7-18(30(3,4)5)12-21(20)36-23/h2*7-8,12,14-17,19,22,25-26,29,39-40H,6,9-11,13H2,1-5H3,(H,35,36)(H2,31,32,33)/t2*17?,19?,22-,25-,26?,29?/m11/s1. The third-order valence-electron chi connectivity index (χ3n) is 17.8. The predicted octanol–water partition coefficient (Wildman–Crippen LogP) is 6.65. The Morgan fingerprint density at radius 2 is 0.963 bits per heavy atom. The van der Waals surface area contributed by atoms with E-state index in [1.807, 2.05) is 0 Å². The van der Waals surface area contributed by atoms with Gasteiger partial charge in [0.1, 0.15) is 72.0 Å². The predicted molar refractivity (Wildman–Crippen MR) is 314 cm³/mol. The van der Waals surface area contributed by atoms with E-state index < -0.39 is 49.1 Å². The summed E-state index contributed by atoms with van der Waals surface area (Å²) in [5.74, 6) is 3.90. The number of aromatic amines is 2. The molecule has 8 atom stereocenters. The number of aliphatic hydroxyl groups excluding tert-OH is 4. The molecule has 8 heterocycles. The molecule has 440 valence electrons. The Kier molecular flexibility index (Phi) is 16.0. The van der Waals surface area contributed by atoms with E-state index in [-0.39, 0.29) is 34.5 Å². The quantitative estimate of drug-likeness (QED) is 0.0502. The molecule has 8 aromatic rings. The molecule has 0 spiro atoms. The average molecular weight is 1130 g/mol. The largest absolute Gasteiger partial charge is 0.387 e. The third-order valence-corrected chi connectivity index (χ3v) is 17.8. The van der Waals surface area contributed by atoms with Crippen LogP contribution in [0.15, 0.2) is 61.7 Å². The Bertz CT molecular complexity index is 3270. The van der Waals surface area contributed by atoms with Crippen molar-refractivity contribution in [1.82, 2.24) is 68.8 Å². The van der Waals surface area contributed by atoms with Gasteiger partial charge in [-0.25, -0.2) is 39.9 Å². The summed E-state index contributed by atoms with van der Waals surface area (Å²) in [5, 5.41) is 43.7. The van der Waals surface area contributed by atoms with Crippen molar-refractivity contribution in [2.75, 3.05) is 24.6 Å². The van der Waals surface area contributed by atoms with E-state index in [0.717, 1.165) is 85.1 Å². The minimum Gasteiger partial charge on any atom is -0.387 e. The zero-order valence-electron chi connectivity index (χ0n) is 49.1. The summed E-state index contributed by atoms with van der Waals surface area (Å²) in [6.45, 7) is 23.1. The first-order chi connectivity index (χ1) is 39.0. The van der Waals surface area contributed by atoms with E-state index >= 15 is 0 Å². The highest BCUT2D eigenvalue weighted by Crippen LogP contribution is 2.41. The number of fused-ring (bicyclic) bond motifs is 4. The lowest BCUT2D eigenvalue weighted by Crippen LogP contribution is -2.52. The van der Waals surface area contributed by atoms with Crippen molar-refractivity contribution in [1.29, 1.82) is 0 Å². The number of nitrogen functional groups attached to an aromatic ring is 2. The molecule has 4 aliphatic rings. The molecule has 10 N–H and O–H groups in total. The van der Waals surface area contributed by atoms with E-state index in [4.69, 9.17) is 30.9 Å². The summed E-state index contributed by atoms with van der Waals surface area (Å²) >= 11 is 0. The number of aryl methyl sites for hydroxylation is 2. The van der Waals surface area contributed by atoms with Crippen molar-refractivity contribution < 1.29 is 29.9 Å². The van der Waals surface area contributed by atoms with Crippen LogP contribution in [0.5, 0.6) is 0 Å². The Morgan fingerprint density at radius 3 is 1.33 bits per heavy atom. The number of nitrogens with zero attached hydrogens (tertiary/aromatic N) is 12. The van der Waals surface area contributed by atoms with Gasteiger partial charge < -0.3 is 51.3 Å². The summed E-state index contributed by atoms with van der Waals surface area (Å²) in [4.78, 5) is 46.6. The van der Waals surface area contributed by atoms with E-state index in [1.165, 1.54) is 36.4 Å². The molecule has 82 heavy (non-hydrogen) atoms. The average Bonchev–Trinajstić information content (AvgIpc) is 4.41. The second kappa shape index (κ2) is 22.7. The van der Waals surface area contributed by atoms with Crippen LogP contribution in [0.1, 0.15) is 143 Å². The lowest BCUT2D eigenvalue weighted by molar-refractivity contribution is -0.0620. The fourth-order valence-electron chi connectivity index (χ4n) is 12.7. The minimum atomic E-state index is -1.11. The van der Waals surface area contributed by atoms with Gasteiger partial charge in [-0.05, 0) is 124 Å². The maximum absolute atomic E-state index is 10.9. The van der Waals surface area contributed by atoms with Gasteiger partial charge in [0.05, 0.1) is 34.7 Å². The molecule has 2 saturated heterocycles. The maximum Gasteiger partial charge on any atom is 0.167 e. The minimum absolute atomic E-state index is 0.110. The molecular weight excluding hydrogens is 1040 g/mol. The van der Waals surface area contributed by atoms with Gasteiger partial charge >= 0.3 is 0 Å². The Morgan fingerprint density at radius 1 is 0.573 bits per heavy atom. The first-order valence-corrected chi connectivity index (χ1v) is 29.4. The molecular formula is C60H84N16O6. The highest BCUT2D eigenvalue weighted by molar-refractivity contribution is 5.82. The van der Waals surface area contributed by atoms with Gasteiger partial charge in [-0.2, -0.15) is 0 Å². The fraction of sp³-hybridized carbons (Fsp3) is 0.600. The van der Waals surface area contributed by atoms with Crippen LogP contribution in [0.4, 0.5) is 11.6 Å². The second-order valence-corrected chi connectivity index (χ2v) is 26.2. The summed E-state index contributed by atoms with van der Waals surface area (Å²) < 4.78 is 15.7. The second-order valence-electron chi connectivity index (χ2n) is 26.2. The summed E-state index contributed by atoms with van der Waals surface area (Å²) in [6, 6.07) is 14.4. The first kappa shape index (κ1) is 57.6. The Hall–Kier alpha value is -6.24. The zero-order valence-corrected chi connectivity index (χ0v) is 49.1. The van der Waals surface area contributed by atoms with Crippen molar-refractivity contribution in [2.45, 2.75) is 205 Å². The van der Waals surface area contributed by atoms with Crippen LogP contribution in [0.3, 0.4) is 0 Å². The molecule has 4 unspecified atom stereocenters. The Labute approximate surface area is 478 Å². The van der Waals surface area contributed by atoms with Crippen molar-refractivity contribution >= 4 is 56.0 Å². The van der Waals surface area contributed by atoms with E-state index in [1.54, 1.807) is 9.13 Å². The summed E-state index contributed by atoms with van der Waals surface area (Å²) in [5.41, 5.74) is 20.8. The van der Waals surface area contributed by atoms with Gasteiger partial charge in [-0.1, -0.05) is 53.7 Å². The molecule has 22 heteroatoms. The van der Waals surface area contributed by atoms with Gasteiger partial charge in [0.2, 0.25) is 0 Å². The molecule has 12 rings (SSSR count). The number of aromatic nitrogens is 12. The number of rotatable bonds is 16. The maximum atomic E-state index is 10.9. The van der Waals surface area contributed by atoms with Gasteiger partial charge in [-0.15, -0.1) is 0 Å². The SMILES string of the molecule is CC(C)N(C[C@H]1OC(n2cnc3c(N)ncnc32)C(O)[C@@H]1O)C1CC(CCc2nc3ccc(C(C)(C)C)cc3[nH]2)C1.CC(C)N(C[C@H]1OC(n2cnc3c(N)ncnc32)C(O)[C@@H]1O)C1CC(CCc2nc3ccc(C(C)(C)C)cc3[nH]2)C1. The number of benzene rings is 2. The van der Waals surface area contributed by atoms with Gasteiger partial charge in [0.15, 0.2) is 35.4 Å². The topological polar surface area (TPSA) is 302 Å². The summed E-state index contributed by atoms with van der Waals surface area (Å²) in [7, 11) is 0. The van der Waals surface area contributed by atoms with Crippen molar-refractivity contribution in [3.05, 3.63) is 84.5 Å². The number of hydrogen-bond donors (Lipinski definition) is 8. The van der Waals surface area contributed by atoms with Crippen molar-refractivity contribution in [2.24, 2.45) is 11.8 Å². The van der Waals surface area contributed by atoms with Gasteiger partial charge in [-0.3, -0.25) is 18.9 Å². The molecule has 2 aliphatic heterocycles. The van der Waals surface area contributed by atoms with Crippen LogP contribution in [-0.4, -0.2) is 163 Å². The normalized spacial score (nSPS) is 27.0. The monoisotopic (exact) mass is 1120 g/mol. The number of aliphatic hydroxyl groups is 4. The first-order valence-electron chi connectivity index (χ1n) is 29.4. The van der Waals surface area contributed by atoms with E-state index in [2.05, 4.69) is 155 Å². The molecule has 2 aromatic carbocycles. The van der Waals surface area contributed by atoms with Gasteiger partial charge in [0.25, 0.3) is 0 Å². The number of nitrogens with two attached hydrogens (primary N) is 2.